The topological polar surface area (TPSA) is 43.4 Å². The van der Waals surface area contributed by atoms with E-state index in [-0.39, 0.29) is 5.41 Å². The second-order valence-corrected chi connectivity index (χ2v) is 4.27. The number of hydrogen-bond acceptors (Lipinski definition) is 3. The van der Waals surface area contributed by atoms with Crippen LogP contribution in [0.4, 0.5) is 0 Å². The molecule has 3 nitrogen and oxygen atoms in total. The molecule has 3 heteroatoms. The van der Waals surface area contributed by atoms with Crippen molar-refractivity contribution in [3.63, 3.8) is 0 Å². The molecule has 78 valence electrons. The Balaban J connectivity index is 2.82. The van der Waals surface area contributed by atoms with Gasteiger partial charge in [-0.3, -0.25) is 0 Å². The standard InChI is InChI=1S/C11H16O3/c1-5-6-11(3,4)7-9-8(2)13-10(12)14-9/h5H,1,6-7H2,2-4H3. The van der Waals surface area contributed by atoms with Crippen LogP contribution in [-0.2, 0) is 6.42 Å². The normalized spacial score (nSPS) is 11.6. The zero-order valence-corrected chi connectivity index (χ0v) is 8.92. The quantitative estimate of drug-likeness (QED) is 0.695. The molecule has 0 saturated carbocycles. The molecule has 0 atom stereocenters. The minimum absolute atomic E-state index is 0.0479. The fraction of sp³-hybridized carbons (Fsp3) is 0.545. The maximum Gasteiger partial charge on any atom is 0.519 e. The molecule has 0 aliphatic carbocycles. The summed E-state index contributed by atoms with van der Waals surface area (Å²) in [7, 11) is 0. The number of rotatable bonds is 4. The van der Waals surface area contributed by atoms with Gasteiger partial charge in [0.15, 0.2) is 0 Å². The fourth-order valence-corrected chi connectivity index (χ4v) is 1.43. The van der Waals surface area contributed by atoms with E-state index in [4.69, 9.17) is 8.83 Å². The van der Waals surface area contributed by atoms with Gasteiger partial charge in [-0.05, 0) is 18.8 Å². The molecule has 14 heavy (non-hydrogen) atoms. The zero-order valence-electron chi connectivity index (χ0n) is 8.92. The second-order valence-electron chi connectivity index (χ2n) is 4.27. The van der Waals surface area contributed by atoms with Crippen LogP contribution in [0.25, 0.3) is 0 Å². The lowest BCUT2D eigenvalue weighted by molar-refractivity contribution is 0.316. The Kier molecular flexibility index (Phi) is 2.99. The molecule has 0 amide bonds. The van der Waals surface area contributed by atoms with Crippen LogP contribution in [0.15, 0.2) is 26.3 Å². The smallest absolute Gasteiger partial charge is 0.396 e. The van der Waals surface area contributed by atoms with Crippen LogP contribution in [0.3, 0.4) is 0 Å². The third kappa shape index (κ3) is 2.62. The fourth-order valence-electron chi connectivity index (χ4n) is 1.43. The van der Waals surface area contributed by atoms with E-state index in [1.54, 1.807) is 6.92 Å². The van der Waals surface area contributed by atoms with E-state index >= 15 is 0 Å². The summed E-state index contributed by atoms with van der Waals surface area (Å²) in [5.74, 6) is 0.598. The van der Waals surface area contributed by atoms with Crippen molar-refractivity contribution >= 4 is 0 Å². The van der Waals surface area contributed by atoms with Crippen molar-refractivity contribution in [1.29, 1.82) is 0 Å². The maximum absolute atomic E-state index is 10.8. The van der Waals surface area contributed by atoms with Gasteiger partial charge >= 0.3 is 5.82 Å². The van der Waals surface area contributed by atoms with Gasteiger partial charge in [0.2, 0.25) is 0 Å². The summed E-state index contributed by atoms with van der Waals surface area (Å²) in [6.07, 6.45) is 3.44. The average molecular weight is 196 g/mol. The van der Waals surface area contributed by atoms with Crippen molar-refractivity contribution < 1.29 is 8.83 Å². The lowest BCUT2D eigenvalue weighted by Crippen LogP contribution is -2.14. The molecule has 1 aromatic heterocycles. The lowest BCUT2D eigenvalue weighted by atomic mass is 9.84. The molecule has 0 N–H and O–H groups in total. The monoisotopic (exact) mass is 196 g/mol. The zero-order chi connectivity index (χ0) is 10.8. The van der Waals surface area contributed by atoms with Crippen LogP contribution < -0.4 is 5.82 Å². The minimum Gasteiger partial charge on any atom is -0.396 e. The van der Waals surface area contributed by atoms with Crippen molar-refractivity contribution in [3.8, 4) is 0 Å². The predicted molar refractivity (Wildman–Crippen MR) is 54.3 cm³/mol. The first-order chi connectivity index (χ1) is 6.44. The molecule has 1 heterocycles. The second kappa shape index (κ2) is 3.86. The Bertz CT molecular complexity index is 368. The largest absolute Gasteiger partial charge is 0.519 e. The summed E-state index contributed by atoms with van der Waals surface area (Å²) in [6, 6.07) is 0. The van der Waals surface area contributed by atoms with Crippen LogP contribution in [0.2, 0.25) is 0 Å². The molecule has 1 rings (SSSR count). The highest BCUT2D eigenvalue weighted by molar-refractivity contribution is 5.04. The summed E-state index contributed by atoms with van der Waals surface area (Å²) < 4.78 is 9.73. The van der Waals surface area contributed by atoms with Gasteiger partial charge in [0, 0.05) is 6.42 Å². The van der Waals surface area contributed by atoms with Gasteiger partial charge in [0.05, 0.1) is 0 Å². The van der Waals surface area contributed by atoms with Crippen LogP contribution in [0, 0.1) is 12.3 Å². The Morgan fingerprint density at radius 2 is 2.07 bits per heavy atom. The Morgan fingerprint density at radius 1 is 1.43 bits per heavy atom. The molecule has 0 aliphatic rings. The van der Waals surface area contributed by atoms with E-state index in [0.29, 0.717) is 17.9 Å². The van der Waals surface area contributed by atoms with Crippen molar-refractivity contribution in [1.82, 2.24) is 0 Å². The van der Waals surface area contributed by atoms with E-state index in [2.05, 4.69) is 20.4 Å². The molecule has 0 bridgehead atoms. The highest BCUT2D eigenvalue weighted by atomic mass is 16.6. The summed E-state index contributed by atoms with van der Waals surface area (Å²) in [5.41, 5.74) is 0.0479. The number of hydrogen-bond donors (Lipinski definition) is 0. The summed E-state index contributed by atoms with van der Waals surface area (Å²) >= 11 is 0. The first kappa shape index (κ1) is 10.8. The number of allylic oxidation sites excluding steroid dienone is 1. The van der Waals surface area contributed by atoms with Gasteiger partial charge in [-0.1, -0.05) is 19.9 Å². The van der Waals surface area contributed by atoms with Crippen molar-refractivity contribution in [3.05, 3.63) is 34.8 Å². The molecule has 1 aromatic rings. The van der Waals surface area contributed by atoms with Crippen LogP contribution in [0.5, 0.6) is 0 Å². The van der Waals surface area contributed by atoms with E-state index in [9.17, 15) is 4.79 Å². The predicted octanol–water partition coefficient (Wildman–Crippen LogP) is 2.69. The Labute approximate surface area is 83.4 Å². The molecular formula is C11H16O3. The average Bonchev–Trinajstić information content (AvgIpc) is 2.28. The Hall–Kier alpha value is -1.25. The van der Waals surface area contributed by atoms with Crippen molar-refractivity contribution in [2.45, 2.75) is 33.6 Å². The van der Waals surface area contributed by atoms with Crippen LogP contribution in [0.1, 0.15) is 31.8 Å². The Morgan fingerprint density at radius 3 is 2.50 bits per heavy atom. The third-order valence-electron chi connectivity index (χ3n) is 2.17. The molecule has 0 unspecified atom stereocenters. The summed E-state index contributed by atoms with van der Waals surface area (Å²) in [4.78, 5) is 10.8. The molecular weight excluding hydrogens is 180 g/mol. The molecule has 0 radical (unpaired) electrons. The maximum atomic E-state index is 10.8. The molecule has 0 fully saturated rings. The van der Waals surface area contributed by atoms with E-state index < -0.39 is 5.82 Å². The minimum atomic E-state index is -0.619. The van der Waals surface area contributed by atoms with Gasteiger partial charge in [-0.2, -0.15) is 0 Å². The third-order valence-corrected chi connectivity index (χ3v) is 2.17. The highest BCUT2D eigenvalue weighted by Gasteiger charge is 2.21. The van der Waals surface area contributed by atoms with Crippen LogP contribution >= 0.6 is 0 Å². The molecule has 0 spiro atoms. The summed E-state index contributed by atoms with van der Waals surface area (Å²) in [5, 5.41) is 0. The highest BCUT2D eigenvalue weighted by Crippen LogP contribution is 2.27. The van der Waals surface area contributed by atoms with Crippen molar-refractivity contribution in [2.75, 3.05) is 0 Å². The first-order valence-corrected chi connectivity index (χ1v) is 4.65. The van der Waals surface area contributed by atoms with Gasteiger partial charge in [0.1, 0.15) is 11.5 Å². The molecule has 0 aliphatic heterocycles. The van der Waals surface area contributed by atoms with E-state index in [1.807, 2.05) is 6.08 Å². The van der Waals surface area contributed by atoms with Crippen molar-refractivity contribution in [2.24, 2.45) is 5.41 Å². The van der Waals surface area contributed by atoms with Crippen LogP contribution in [-0.4, -0.2) is 0 Å². The number of aryl methyl sites for hydroxylation is 1. The van der Waals surface area contributed by atoms with Gasteiger partial charge in [-0.25, -0.2) is 4.79 Å². The molecule has 0 aromatic carbocycles. The molecule has 0 saturated heterocycles. The van der Waals surface area contributed by atoms with Gasteiger partial charge in [-0.15, -0.1) is 6.58 Å². The summed E-state index contributed by atoms with van der Waals surface area (Å²) in [6.45, 7) is 9.64. The lowest BCUT2D eigenvalue weighted by Gasteiger charge is -2.20. The SMILES string of the molecule is C=CCC(C)(C)Cc1oc(=O)oc1C. The van der Waals surface area contributed by atoms with E-state index in [0.717, 1.165) is 6.42 Å². The van der Waals surface area contributed by atoms with Gasteiger partial charge < -0.3 is 8.83 Å². The van der Waals surface area contributed by atoms with E-state index in [1.165, 1.54) is 0 Å². The van der Waals surface area contributed by atoms with Gasteiger partial charge in [0.25, 0.3) is 0 Å². The first-order valence-electron chi connectivity index (χ1n) is 4.65.